The first kappa shape index (κ1) is 12.5. The molecule has 0 unspecified atom stereocenters. The number of halogens is 2. The highest BCUT2D eigenvalue weighted by atomic mass is 35.5. The number of hydrogen-bond acceptors (Lipinski definition) is 3. The van der Waals surface area contributed by atoms with Gasteiger partial charge in [0.1, 0.15) is 11.6 Å². The van der Waals surface area contributed by atoms with Gasteiger partial charge >= 0.3 is 0 Å². The second-order valence-corrected chi connectivity index (χ2v) is 3.92. The van der Waals surface area contributed by atoms with E-state index in [1.165, 1.54) is 43.8 Å². The molecule has 0 radical (unpaired) electrons. The molecule has 0 saturated heterocycles. The molecule has 1 aromatic heterocycles. The molecule has 0 atom stereocenters. The molecule has 0 aliphatic carbocycles. The first-order chi connectivity index (χ1) is 8.63. The molecule has 2 aromatic rings. The quantitative estimate of drug-likeness (QED) is 0.801. The van der Waals surface area contributed by atoms with Gasteiger partial charge in [-0.3, -0.25) is 9.78 Å². The molecule has 0 aliphatic rings. The predicted molar refractivity (Wildman–Crippen MR) is 65.6 cm³/mol. The number of pyridine rings is 1. The van der Waals surface area contributed by atoms with E-state index >= 15 is 0 Å². The Bertz CT molecular complexity index is 601. The van der Waals surface area contributed by atoms with Crippen LogP contribution in [0, 0.1) is 5.82 Å². The van der Waals surface area contributed by atoms with Crippen LogP contribution in [0.5, 0.6) is 5.75 Å². The van der Waals surface area contributed by atoms with Crippen LogP contribution in [0.25, 0.3) is 0 Å². The first-order valence-corrected chi connectivity index (χ1v) is 5.49. The van der Waals surface area contributed by atoms with Gasteiger partial charge < -0.3 is 4.74 Å². The van der Waals surface area contributed by atoms with E-state index in [-0.39, 0.29) is 10.6 Å². The predicted octanol–water partition coefficient (Wildman–Crippen LogP) is 3.11. The number of ketones is 1. The summed E-state index contributed by atoms with van der Waals surface area (Å²) < 4.78 is 18.2. The van der Waals surface area contributed by atoms with E-state index in [0.29, 0.717) is 11.3 Å². The van der Waals surface area contributed by atoms with Crippen molar-refractivity contribution in [2.45, 2.75) is 0 Å². The number of benzene rings is 1. The Balaban J connectivity index is 2.44. The molecule has 0 fully saturated rings. The zero-order valence-corrected chi connectivity index (χ0v) is 10.2. The molecule has 92 valence electrons. The molecule has 0 amide bonds. The van der Waals surface area contributed by atoms with Crippen LogP contribution in [0.15, 0.2) is 36.7 Å². The van der Waals surface area contributed by atoms with Crippen LogP contribution in [0.1, 0.15) is 15.9 Å². The lowest BCUT2D eigenvalue weighted by Gasteiger charge is -2.05. The fourth-order valence-electron chi connectivity index (χ4n) is 1.49. The third-order valence-corrected chi connectivity index (χ3v) is 2.79. The number of hydrogen-bond donors (Lipinski definition) is 0. The Morgan fingerprint density at radius 1 is 1.39 bits per heavy atom. The molecule has 3 nitrogen and oxygen atoms in total. The number of carbonyl (C=O) groups excluding carboxylic acids is 1. The van der Waals surface area contributed by atoms with E-state index < -0.39 is 11.6 Å². The lowest BCUT2D eigenvalue weighted by atomic mass is 10.0. The summed E-state index contributed by atoms with van der Waals surface area (Å²) in [5.41, 5.74) is 0.397. The van der Waals surface area contributed by atoms with Crippen molar-refractivity contribution in [3.8, 4) is 5.75 Å². The van der Waals surface area contributed by atoms with E-state index in [2.05, 4.69) is 4.98 Å². The van der Waals surface area contributed by atoms with E-state index in [1.54, 1.807) is 0 Å². The van der Waals surface area contributed by atoms with Gasteiger partial charge in [-0.25, -0.2) is 4.39 Å². The highest BCUT2D eigenvalue weighted by molar-refractivity contribution is 6.35. The number of rotatable bonds is 3. The number of carbonyl (C=O) groups is 1. The van der Waals surface area contributed by atoms with Crippen molar-refractivity contribution in [3.05, 3.63) is 58.6 Å². The maximum absolute atomic E-state index is 13.3. The van der Waals surface area contributed by atoms with Crippen molar-refractivity contribution in [2.24, 2.45) is 0 Å². The van der Waals surface area contributed by atoms with E-state index in [1.807, 2.05) is 0 Å². The third-order valence-electron chi connectivity index (χ3n) is 2.41. The first-order valence-electron chi connectivity index (χ1n) is 5.11. The zero-order chi connectivity index (χ0) is 13.1. The summed E-state index contributed by atoms with van der Waals surface area (Å²) in [5, 5.41) is -0.190. The maximum Gasteiger partial charge on any atom is 0.196 e. The van der Waals surface area contributed by atoms with Crippen LogP contribution >= 0.6 is 11.6 Å². The fraction of sp³-hybridized carbons (Fsp3) is 0.0769. The topological polar surface area (TPSA) is 39.2 Å². The molecule has 0 aliphatic heterocycles. The van der Waals surface area contributed by atoms with Gasteiger partial charge in [0.05, 0.1) is 18.3 Å². The van der Waals surface area contributed by atoms with Crippen molar-refractivity contribution in [2.75, 3.05) is 7.11 Å². The van der Waals surface area contributed by atoms with Crippen LogP contribution in [-0.2, 0) is 0 Å². The Morgan fingerprint density at radius 2 is 2.17 bits per heavy atom. The Labute approximate surface area is 108 Å². The van der Waals surface area contributed by atoms with Gasteiger partial charge in [0, 0.05) is 17.3 Å². The van der Waals surface area contributed by atoms with Gasteiger partial charge in [-0.2, -0.15) is 0 Å². The SMILES string of the molecule is COc1cncc(C(=O)c2cccc(F)c2Cl)c1. The van der Waals surface area contributed by atoms with Crippen molar-refractivity contribution in [1.29, 1.82) is 0 Å². The smallest absolute Gasteiger partial charge is 0.196 e. The van der Waals surface area contributed by atoms with Gasteiger partial charge in [0.25, 0.3) is 0 Å². The molecule has 1 heterocycles. The zero-order valence-electron chi connectivity index (χ0n) is 9.48. The van der Waals surface area contributed by atoms with Crippen LogP contribution in [0.4, 0.5) is 4.39 Å². The minimum atomic E-state index is -0.627. The standard InChI is InChI=1S/C13H9ClFNO2/c1-18-9-5-8(6-16-7-9)13(17)10-3-2-4-11(15)12(10)14/h2-7H,1H3. The van der Waals surface area contributed by atoms with E-state index in [9.17, 15) is 9.18 Å². The van der Waals surface area contributed by atoms with Crippen molar-refractivity contribution in [1.82, 2.24) is 4.98 Å². The van der Waals surface area contributed by atoms with E-state index in [4.69, 9.17) is 16.3 Å². The summed E-state index contributed by atoms with van der Waals surface area (Å²) in [6.07, 6.45) is 2.86. The van der Waals surface area contributed by atoms with Crippen LogP contribution < -0.4 is 4.74 Å². The van der Waals surface area contributed by atoms with Crippen molar-refractivity contribution < 1.29 is 13.9 Å². The molecular weight excluding hydrogens is 257 g/mol. The number of ether oxygens (including phenoxy) is 1. The van der Waals surface area contributed by atoms with Gasteiger partial charge in [-0.05, 0) is 18.2 Å². The normalized spacial score (nSPS) is 10.2. The van der Waals surface area contributed by atoms with Crippen LogP contribution in [0.2, 0.25) is 5.02 Å². The largest absolute Gasteiger partial charge is 0.495 e. The molecule has 5 heteroatoms. The van der Waals surface area contributed by atoms with Crippen molar-refractivity contribution >= 4 is 17.4 Å². The van der Waals surface area contributed by atoms with Crippen molar-refractivity contribution in [3.63, 3.8) is 0 Å². The molecule has 0 spiro atoms. The summed E-state index contributed by atoms with van der Waals surface area (Å²) >= 11 is 5.76. The van der Waals surface area contributed by atoms with E-state index in [0.717, 1.165) is 0 Å². The molecule has 0 N–H and O–H groups in total. The Morgan fingerprint density at radius 3 is 2.89 bits per heavy atom. The summed E-state index contributed by atoms with van der Waals surface area (Å²) in [5.74, 6) is -0.572. The van der Waals surface area contributed by atoms with Crippen LogP contribution in [-0.4, -0.2) is 17.9 Å². The van der Waals surface area contributed by atoms with Crippen LogP contribution in [0.3, 0.4) is 0 Å². The molecule has 0 saturated carbocycles. The average Bonchev–Trinajstić information content (AvgIpc) is 2.41. The molecule has 0 bridgehead atoms. The van der Waals surface area contributed by atoms with Gasteiger partial charge in [-0.1, -0.05) is 17.7 Å². The summed E-state index contributed by atoms with van der Waals surface area (Å²) in [7, 11) is 1.47. The van der Waals surface area contributed by atoms with Gasteiger partial charge in [0.15, 0.2) is 5.78 Å². The monoisotopic (exact) mass is 265 g/mol. The fourth-order valence-corrected chi connectivity index (χ4v) is 1.70. The second-order valence-electron chi connectivity index (χ2n) is 3.54. The summed E-state index contributed by atoms with van der Waals surface area (Å²) in [4.78, 5) is 16.0. The Hall–Kier alpha value is -1.94. The summed E-state index contributed by atoms with van der Waals surface area (Å²) in [6, 6.07) is 5.62. The highest BCUT2D eigenvalue weighted by Crippen LogP contribution is 2.23. The average molecular weight is 266 g/mol. The summed E-state index contributed by atoms with van der Waals surface area (Å²) in [6.45, 7) is 0. The number of aromatic nitrogens is 1. The third kappa shape index (κ3) is 2.33. The highest BCUT2D eigenvalue weighted by Gasteiger charge is 2.16. The van der Waals surface area contributed by atoms with Gasteiger partial charge in [-0.15, -0.1) is 0 Å². The lowest BCUT2D eigenvalue weighted by Crippen LogP contribution is -2.04. The van der Waals surface area contributed by atoms with Gasteiger partial charge in [0.2, 0.25) is 0 Å². The number of methoxy groups -OCH3 is 1. The second kappa shape index (κ2) is 5.14. The lowest BCUT2D eigenvalue weighted by molar-refractivity contribution is 0.103. The minimum Gasteiger partial charge on any atom is -0.495 e. The molecule has 1 aromatic carbocycles. The maximum atomic E-state index is 13.3. The molecular formula is C13H9ClFNO2. The molecule has 18 heavy (non-hydrogen) atoms. The molecule has 2 rings (SSSR count). The Kier molecular flexibility index (Phi) is 3.58. The minimum absolute atomic E-state index is 0.103. The number of nitrogens with zero attached hydrogens (tertiary/aromatic N) is 1.